The molecule has 138 valence electrons. The van der Waals surface area contributed by atoms with Gasteiger partial charge in [-0.3, -0.25) is 4.90 Å². The zero-order valence-electron chi connectivity index (χ0n) is 15.2. The summed E-state index contributed by atoms with van der Waals surface area (Å²) in [6, 6.07) is 17.7. The molecular formula is C21H25NO4. The second-order valence-corrected chi connectivity index (χ2v) is 6.63. The van der Waals surface area contributed by atoms with Gasteiger partial charge in [0, 0.05) is 13.0 Å². The molecule has 0 aliphatic heterocycles. The molecule has 2 rings (SSSR count). The van der Waals surface area contributed by atoms with Crippen molar-refractivity contribution in [2.24, 2.45) is 5.92 Å². The Hall–Kier alpha value is -2.82. The van der Waals surface area contributed by atoms with Gasteiger partial charge in [-0.15, -0.1) is 0 Å². The number of ether oxygens (including phenoxy) is 1. The van der Waals surface area contributed by atoms with Crippen LogP contribution in [0.4, 0.5) is 4.79 Å². The smallest absolute Gasteiger partial charge is 0.410 e. The van der Waals surface area contributed by atoms with Gasteiger partial charge in [-0.05, 0) is 17.0 Å². The Morgan fingerprint density at radius 3 is 2.00 bits per heavy atom. The van der Waals surface area contributed by atoms with Crippen molar-refractivity contribution in [1.82, 2.24) is 4.90 Å². The Labute approximate surface area is 154 Å². The number of carbonyl (C=O) groups excluding carboxylic acids is 1. The highest BCUT2D eigenvalue weighted by molar-refractivity contribution is 5.80. The molecule has 0 unspecified atom stereocenters. The molecule has 0 saturated carbocycles. The second kappa shape index (κ2) is 9.61. The van der Waals surface area contributed by atoms with Crippen LogP contribution in [-0.4, -0.2) is 34.7 Å². The van der Waals surface area contributed by atoms with E-state index in [1.165, 1.54) is 4.90 Å². The Morgan fingerprint density at radius 1 is 0.962 bits per heavy atom. The van der Waals surface area contributed by atoms with E-state index in [2.05, 4.69) is 0 Å². The molecule has 0 spiro atoms. The topological polar surface area (TPSA) is 66.8 Å². The predicted octanol–water partition coefficient (Wildman–Crippen LogP) is 3.98. The first kappa shape index (κ1) is 19.5. The molecule has 0 bridgehead atoms. The number of amides is 1. The number of carboxylic acids is 1. The number of hydrogen-bond donors (Lipinski definition) is 1. The van der Waals surface area contributed by atoms with E-state index in [1.54, 1.807) is 0 Å². The Morgan fingerprint density at radius 2 is 1.50 bits per heavy atom. The van der Waals surface area contributed by atoms with E-state index in [4.69, 9.17) is 4.74 Å². The van der Waals surface area contributed by atoms with Gasteiger partial charge in [0.25, 0.3) is 0 Å². The van der Waals surface area contributed by atoms with Crippen LogP contribution in [0.25, 0.3) is 0 Å². The molecule has 26 heavy (non-hydrogen) atoms. The molecule has 0 fully saturated rings. The summed E-state index contributed by atoms with van der Waals surface area (Å²) in [4.78, 5) is 25.8. The third kappa shape index (κ3) is 5.92. The number of nitrogens with zero attached hydrogens (tertiary/aromatic N) is 1. The molecule has 2 aromatic rings. The maximum Gasteiger partial charge on any atom is 0.410 e. The third-order valence-corrected chi connectivity index (χ3v) is 3.93. The molecular weight excluding hydrogens is 330 g/mol. The van der Waals surface area contributed by atoms with Crippen LogP contribution in [0.5, 0.6) is 0 Å². The van der Waals surface area contributed by atoms with Crippen LogP contribution >= 0.6 is 0 Å². The first-order valence-electron chi connectivity index (χ1n) is 8.71. The minimum Gasteiger partial charge on any atom is -0.480 e. The number of aliphatic carboxylic acids is 1. The minimum atomic E-state index is -1.04. The molecule has 1 amide bonds. The lowest BCUT2D eigenvalue weighted by atomic mass is 10.0. The second-order valence-electron chi connectivity index (χ2n) is 6.63. The fourth-order valence-corrected chi connectivity index (χ4v) is 2.69. The predicted molar refractivity (Wildman–Crippen MR) is 99.7 cm³/mol. The lowest BCUT2D eigenvalue weighted by Crippen LogP contribution is -2.48. The fourth-order valence-electron chi connectivity index (χ4n) is 2.69. The van der Waals surface area contributed by atoms with Gasteiger partial charge in [0.05, 0.1) is 0 Å². The maximum atomic E-state index is 12.6. The summed E-state index contributed by atoms with van der Waals surface area (Å²) in [6.45, 7) is 4.32. The molecule has 1 N–H and O–H groups in total. The van der Waals surface area contributed by atoms with E-state index in [1.807, 2.05) is 74.5 Å². The Kier molecular flexibility index (Phi) is 7.21. The van der Waals surface area contributed by atoms with E-state index in [0.29, 0.717) is 6.54 Å². The average molecular weight is 355 g/mol. The van der Waals surface area contributed by atoms with Gasteiger partial charge in [-0.2, -0.15) is 0 Å². The summed E-state index contributed by atoms with van der Waals surface area (Å²) < 4.78 is 5.38. The zero-order chi connectivity index (χ0) is 18.9. The lowest BCUT2D eigenvalue weighted by Gasteiger charge is -2.29. The van der Waals surface area contributed by atoms with Crippen molar-refractivity contribution in [3.8, 4) is 0 Å². The molecule has 0 radical (unpaired) electrons. The lowest BCUT2D eigenvalue weighted by molar-refractivity contribution is -0.143. The number of carboxylic acid groups (broad SMARTS) is 1. The van der Waals surface area contributed by atoms with E-state index >= 15 is 0 Å². The maximum absolute atomic E-state index is 12.6. The average Bonchev–Trinajstić information content (AvgIpc) is 2.64. The van der Waals surface area contributed by atoms with E-state index in [0.717, 1.165) is 11.1 Å². The largest absolute Gasteiger partial charge is 0.480 e. The van der Waals surface area contributed by atoms with E-state index in [-0.39, 0.29) is 18.9 Å². The minimum absolute atomic E-state index is 0.117. The number of carbonyl (C=O) groups is 2. The SMILES string of the molecule is CC(C)CN(C(=O)OCc1ccccc1)[C@H](Cc1ccccc1)C(=O)O. The van der Waals surface area contributed by atoms with E-state index < -0.39 is 18.1 Å². The first-order chi connectivity index (χ1) is 12.5. The highest BCUT2D eigenvalue weighted by atomic mass is 16.6. The Balaban J connectivity index is 2.13. The van der Waals surface area contributed by atoms with Crippen LogP contribution in [-0.2, 0) is 22.6 Å². The van der Waals surface area contributed by atoms with Crippen LogP contribution in [0.1, 0.15) is 25.0 Å². The summed E-state index contributed by atoms with van der Waals surface area (Å²) >= 11 is 0. The van der Waals surface area contributed by atoms with Crippen molar-refractivity contribution in [2.75, 3.05) is 6.54 Å². The summed E-state index contributed by atoms with van der Waals surface area (Å²) in [5.74, 6) is -0.914. The summed E-state index contributed by atoms with van der Waals surface area (Å²) in [5.41, 5.74) is 1.73. The Bertz CT molecular complexity index is 700. The molecule has 5 heteroatoms. The summed E-state index contributed by atoms with van der Waals surface area (Å²) in [5, 5.41) is 9.70. The molecule has 0 saturated heterocycles. The number of rotatable bonds is 8. The summed E-state index contributed by atoms with van der Waals surface area (Å²) in [6.07, 6.45) is -0.366. The molecule has 0 aromatic heterocycles. The van der Waals surface area contributed by atoms with Gasteiger partial charge in [-0.1, -0.05) is 74.5 Å². The van der Waals surface area contributed by atoms with Crippen LogP contribution in [0.2, 0.25) is 0 Å². The number of hydrogen-bond acceptors (Lipinski definition) is 3. The van der Waals surface area contributed by atoms with Crippen molar-refractivity contribution in [3.05, 3.63) is 71.8 Å². The van der Waals surface area contributed by atoms with Gasteiger partial charge < -0.3 is 9.84 Å². The summed E-state index contributed by atoms with van der Waals surface area (Å²) in [7, 11) is 0. The van der Waals surface area contributed by atoms with Crippen LogP contribution in [0.15, 0.2) is 60.7 Å². The van der Waals surface area contributed by atoms with E-state index in [9.17, 15) is 14.7 Å². The molecule has 5 nitrogen and oxygen atoms in total. The molecule has 0 aliphatic rings. The van der Waals surface area contributed by atoms with Crippen LogP contribution < -0.4 is 0 Å². The third-order valence-electron chi connectivity index (χ3n) is 3.93. The standard InChI is InChI=1S/C21H25NO4/c1-16(2)14-22(21(25)26-15-18-11-7-4-8-12-18)19(20(23)24)13-17-9-5-3-6-10-17/h3-12,16,19H,13-15H2,1-2H3,(H,23,24)/t19-/m1/s1. The van der Waals surface area contributed by atoms with Crippen molar-refractivity contribution >= 4 is 12.1 Å². The molecule has 0 heterocycles. The van der Waals surface area contributed by atoms with Gasteiger partial charge >= 0.3 is 12.1 Å². The van der Waals surface area contributed by atoms with Gasteiger partial charge in [-0.25, -0.2) is 9.59 Å². The van der Waals surface area contributed by atoms with Crippen molar-refractivity contribution in [1.29, 1.82) is 0 Å². The monoisotopic (exact) mass is 355 g/mol. The van der Waals surface area contributed by atoms with Gasteiger partial charge in [0.15, 0.2) is 0 Å². The van der Waals surface area contributed by atoms with Gasteiger partial charge in [0.1, 0.15) is 12.6 Å². The zero-order valence-corrected chi connectivity index (χ0v) is 15.2. The van der Waals surface area contributed by atoms with Crippen LogP contribution in [0, 0.1) is 5.92 Å². The van der Waals surface area contributed by atoms with Crippen molar-refractivity contribution in [3.63, 3.8) is 0 Å². The molecule has 0 aliphatic carbocycles. The van der Waals surface area contributed by atoms with Gasteiger partial charge in [0.2, 0.25) is 0 Å². The number of benzene rings is 2. The molecule has 1 atom stereocenters. The normalized spacial score (nSPS) is 11.8. The van der Waals surface area contributed by atoms with Crippen LogP contribution in [0.3, 0.4) is 0 Å². The first-order valence-corrected chi connectivity index (χ1v) is 8.71. The van der Waals surface area contributed by atoms with Crippen molar-refractivity contribution < 1.29 is 19.4 Å². The quantitative estimate of drug-likeness (QED) is 0.778. The highest BCUT2D eigenvalue weighted by Gasteiger charge is 2.31. The fraction of sp³-hybridized carbons (Fsp3) is 0.333. The highest BCUT2D eigenvalue weighted by Crippen LogP contribution is 2.14. The van der Waals surface area contributed by atoms with Crippen molar-refractivity contribution in [2.45, 2.75) is 32.9 Å². The molecule has 2 aromatic carbocycles.